The van der Waals surface area contributed by atoms with E-state index in [1.165, 1.54) is 6.07 Å². The minimum Gasteiger partial charge on any atom is -0.488 e. The quantitative estimate of drug-likeness (QED) is 0.652. The van der Waals surface area contributed by atoms with Crippen LogP contribution in [0.1, 0.15) is 32.8 Å². The van der Waals surface area contributed by atoms with E-state index in [1.807, 2.05) is 19.9 Å². The standard InChI is InChI=1S/C16H26FNO3/c1-4-7-18-9-13-5-6-16(15(17)8-13)21-11-14(19)10-20-12(2)3/h5-6,8,12,14,18-19H,4,7,9-11H2,1-3H3. The number of ether oxygens (including phenoxy) is 2. The molecule has 5 heteroatoms. The zero-order valence-electron chi connectivity index (χ0n) is 13.1. The van der Waals surface area contributed by atoms with E-state index < -0.39 is 11.9 Å². The second-order valence-corrected chi connectivity index (χ2v) is 5.29. The molecule has 1 unspecified atom stereocenters. The largest absolute Gasteiger partial charge is 0.488 e. The SMILES string of the molecule is CCCNCc1ccc(OCC(O)COC(C)C)c(F)c1. The van der Waals surface area contributed by atoms with Crippen LogP contribution < -0.4 is 10.1 Å². The molecule has 0 radical (unpaired) electrons. The summed E-state index contributed by atoms with van der Waals surface area (Å²) in [7, 11) is 0. The van der Waals surface area contributed by atoms with E-state index in [9.17, 15) is 9.50 Å². The van der Waals surface area contributed by atoms with Gasteiger partial charge in [-0.15, -0.1) is 0 Å². The molecule has 0 amide bonds. The van der Waals surface area contributed by atoms with E-state index >= 15 is 0 Å². The molecule has 1 atom stereocenters. The van der Waals surface area contributed by atoms with Crippen LogP contribution in [0.4, 0.5) is 4.39 Å². The van der Waals surface area contributed by atoms with Gasteiger partial charge in [0, 0.05) is 6.54 Å². The van der Waals surface area contributed by atoms with Gasteiger partial charge in [-0.2, -0.15) is 0 Å². The molecular formula is C16H26FNO3. The van der Waals surface area contributed by atoms with Crippen molar-refractivity contribution < 1.29 is 19.0 Å². The van der Waals surface area contributed by atoms with Crippen molar-refractivity contribution in [3.63, 3.8) is 0 Å². The maximum absolute atomic E-state index is 13.9. The molecule has 21 heavy (non-hydrogen) atoms. The third-order valence-electron chi connectivity index (χ3n) is 2.81. The second kappa shape index (κ2) is 9.71. The van der Waals surface area contributed by atoms with Crippen LogP contribution >= 0.6 is 0 Å². The third-order valence-corrected chi connectivity index (χ3v) is 2.81. The van der Waals surface area contributed by atoms with Gasteiger partial charge in [0.2, 0.25) is 0 Å². The summed E-state index contributed by atoms with van der Waals surface area (Å²) >= 11 is 0. The first-order valence-corrected chi connectivity index (χ1v) is 7.44. The summed E-state index contributed by atoms with van der Waals surface area (Å²) in [5.41, 5.74) is 0.872. The Bertz CT molecular complexity index is 413. The number of aliphatic hydroxyl groups is 1. The van der Waals surface area contributed by atoms with Crippen molar-refractivity contribution in [3.05, 3.63) is 29.6 Å². The van der Waals surface area contributed by atoms with Crippen molar-refractivity contribution in [2.24, 2.45) is 0 Å². The van der Waals surface area contributed by atoms with Crippen molar-refractivity contribution in [1.82, 2.24) is 5.32 Å². The van der Waals surface area contributed by atoms with Crippen molar-refractivity contribution in [2.75, 3.05) is 19.8 Å². The Balaban J connectivity index is 2.41. The van der Waals surface area contributed by atoms with E-state index in [0.29, 0.717) is 6.54 Å². The molecular weight excluding hydrogens is 273 g/mol. The van der Waals surface area contributed by atoms with Gasteiger partial charge in [0.1, 0.15) is 12.7 Å². The number of hydrogen-bond donors (Lipinski definition) is 2. The monoisotopic (exact) mass is 299 g/mol. The Labute approximate surface area is 126 Å². The Morgan fingerprint density at radius 3 is 2.67 bits per heavy atom. The highest BCUT2D eigenvalue weighted by atomic mass is 19.1. The lowest BCUT2D eigenvalue weighted by atomic mass is 10.2. The highest BCUT2D eigenvalue weighted by Gasteiger charge is 2.10. The Morgan fingerprint density at radius 2 is 2.05 bits per heavy atom. The van der Waals surface area contributed by atoms with Gasteiger partial charge < -0.3 is 19.9 Å². The molecule has 0 aromatic heterocycles. The molecule has 1 rings (SSSR count). The summed E-state index contributed by atoms with van der Waals surface area (Å²) in [4.78, 5) is 0. The Morgan fingerprint density at radius 1 is 1.29 bits per heavy atom. The topological polar surface area (TPSA) is 50.7 Å². The van der Waals surface area contributed by atoms with Crippen LogP contribution in [-0.4, -0.2) is 37.1 Å². The summed E-state index contributed by atoms with van der Waals surface area (Å²) < 4.78 is 24.4. The molecule has 1 aromatic rings. The number of halogens is 1. The predicted octanol–water partition coefficient (Wildman–Crippen LogP) is 2.49. The van der Waals surface area contributed by atoms with Gasteiger partial charge in [-0.25, -0.2) is 4.39 Å². The molecule has 4 nitrogen and oxygen atoms in total. The minimum atomic E-state index is -0.766. The molecule has 0 spiro atoms. The molecule has 1 aromatic carbocycles. The van der Waals surface area contributed by atoms with E-state index in [1.54, 1.807) is 6.07 Å². The van der Waals surface area contributed by atoms with Gasteiger partial charge in [-0.3, -0.25) is 0 Å². The fraction of sp³-hybridized carbons (Fsp3) is 0.625. The minimum absolute atomic E-state index is 0.0110. The average Bonchev–Trinajstić information content (AvgIpc) is 2.44. The normalized spacial score (nSPS) is 12.7. The van der Waals surface area contributed by atoms with Crippen molar-refractivity contribution in [2.45, 2.75) is 45.9 Å². The number of nitrogens with one attached hydrogen (secondary N) is 1. The van der Waals surface area contributed by atoms with Gasteiger partial charge >= 0.3 is 0 Å². The first-order valence-electron chi connectivity index (χ1n) is 7.44. The van der Waals surface area contributed by atoms with Gasteiger partial charge in [0.25, 0.3) is 0 Å². The molecule has 0 saturated carbocycles. The van der Waals surface area contributed by atoms with Crippen LogP contribution in [0.3, 0.4) is 0 Å². The van der Waals surface area contributed by atoms with Crippen LogP contribution in [0.25, 0.3) is 0 Å². The summed E-state index contributed by atoms with van der Waals surface area (Å²) in [6.45, 7) is 7.59. The van der Waals surface area contributed by atoms with Crippen LogP contribution in [0.15, 0.2) is 18.2 Å². The average molecular weight is 299 g/mol. The number of benzene rings is 1. The highest BCUT2D eigenvalue weighted by Crippen LogP contribution is 2.18. The lowest BCUT2D eigenvalue weighted by Crippen LogP contribution is -2.25. The predicted molar refractivity (Wildman–Crippen MR) is 81.0 cm³/mol. The van der Waals surface area contributed by atoms with Gasteiger partial charge in [-0.1, -0.05) is 13.0 Å². The van der Waals surface area contributed by atoms with Crippen LogP contribution in [-0.2, 0) is 11.3 Å². The molecule has 120 valence electrons. The number of hydrogen-bond acceptors (Lipinski definition) is 4. The molecule has 0 saturated heterocycles. The van der Waals surface area contributed by atoms with Crippen molar-refractivity contribution in [3.8, 4) is 5.75 Å². The van der Waals surface area contributed by atoms with Crippen LogP contribution in [0.5, 0.6) is 5.75 Å². The van der Waals surface area contributed by atoms with Crippen LogP contribution in [0.2, 0.25) is 0 Å². The molecule has 2 N–H and O–H groups in total. The highest BCUT2D eigenvalue weighted by molar-refractivity contribution is 5.29. The number of rotatable bonds is 10. The fourth-order valence-electron chi connectivity index (χ4n) is 1.72. The van der Waals surface area contributed by atoms with Crippen molar-refractivity contribution in [1.29, 1.82) is 0 Å². The fourth-order valence-corrected chi connectivity index (χ4v) is 1.72. The molecule has 0 heterocycles. The Hall–Kier alpha value is -1.17. The second-order valence-electron chi connectivity index (χ2n) is 5.29. The summed E-state index contributed by atoms with van der Waals surface area (Å²) in [5, 5.41) is 12.9. The maximum Gasteiger partial charge on any atom is 0.165 e. The molecule has 0 aliphatic rings. The first-order chi connectivity index (χ1) is 10.0. The third kappa shape index (κ3) is 7.41. The van der Waals surface area contributed by atoms with Gasteiger partial charge in [0.15, 0.2) is 11.6 Å². The zero-order chi connectivity index (χ0) is 15.7. The van der Waals surface area contributed by atoms with E-state index in [-0.39, 0.29) is 25.1 Å². The summed E-state index contributed by atoms with van der Waals surface area (Å²) in [6.07, 6.45) is 0.323. The smallest absolute Gasteiger partial charge is 0.165 e. The molecule has 0 fully saturated rings. The number of aliphatic hydroxyl groups excluding tert-OH is 1. The molecule has 0 aliphatic carbocycles. The Kier molecular flexibility index (Phi) is 8.27. The lowest BCUT2D eigenvalue weighted by Gasteiger charge is -2.15. The zero-order valence-corrected chi connectivity index (χ0v) is 13.1. The maximum atomic E-state index is 13.9. The molecule has 0 bridgehead atoms. The van der Waals surface area contributed by atoms with E-state index in [2.05, 4.69) is 12.2 Å². The van der Waals surface area contributed by atoms with E-state index in [4.69, 9.17) is 9.47 Å². The van der Waals surface area contributed by atoms with E-state index in [0.717, 1.165) is 18.5 Å². The molecule has 0 aliphatic heterocycles. The first kappa shape index (κ1) is 17.9. The van der Waals surface area contributed by atoms with Gasteiger partial charge in [-0.05, 0) is 44.5 Å². The van der Waals surface area contributed by atoms with Crippen molar-refractivity contribution >= 4 is 0 Å². The van der Waals surface area contributed by atoms with Crippen LogP contribution in [0, 0.1) is 5.82 Å². The summed E-state index contributed by atoms with van der Waals surface area (Å²) in [5.74, 6) is -0.263. The lowest BCUT2D eigenvalue weighted by molar-refractivity contribution is -0.0127. The van der Waals surface area contributed by atoms with Gasteiger partial charge in [0.05, 0.1) is 12.7 Å². The summed E-state index contributed by atoms with van der Waals surface area (Å²) in [6, 6.07) is 4.86.